The summed E-state index contributed by atoms with van der Waals surface area (Å²) in [6.07, 6.45) is 12.5. The molecule has 0 aliphatic carbocycles. The summed E-state index contributed by atoms with van der Waals surface area (Å²) in [7, 11) is 0. The molecule has 0 aliphatic heterocycles. The molecule has 0 saturated carbocycles. The van der Waals surface area contributed by atoms with Crippen molar-refractivity contribution in [2.45, 2.75) is 58.3 Å². The number of hydrogen-bond acceptors (Lipinski definition) is 2. The van der Waals surface area contributed by atoms with Gasteiger partial charge in [-0.05, 0) is 6.42 Å². The first-order chi connectivity index (χ1) is 8.83. The molecule has 0 unspecified atom stereocenters. The number of unbranched alkanes of at least 4 members (excludes halogenated alkanes) is 6. The normalized spacial score (nSPS) is 10.3. The van der Waals surface area contributed by atoms with Gasteiger partial charge in [-0.2, -0.15) is 4.84 Å². The van der Waals surface area contributed by atoms with Crippen LogP contribution in [0.4, 0.5) is 0 Å². The summed E-state index contributed by atoms with van der Waals surface area (Å²) in [5, 5.41) is 0. The quantitative estimate of drug-likeness (QED) is 0.498. The number of rotatable bonds is 9. The lowest BCUT2D eigenvalue weighted by Crippen LogP contribution is -2.44. The monoisotopic (exact) mass is 250 g/mol. The van der Waals surface area contributed by atoms with Crippen LogP contribution in [0.1, 0.15) is 58.3 Å². The third-order valence-electron chi connectivity index (χ3n) is 2.88. The molecule has 18 heavy (non-hydrogen) atoms. The molecule has 1 aromatic rings. The maximum atomic E-state index is 11.5. The molecule has 3 heteroatoms. The molecule has 1 rings (SSSR count). The first kappa shape index (κ1) is 14.7. The van der Waals surface area contributed by atoms with Crippen LogP contribution in [-0.4, -0.2) is 5.97 Å². The fourth-order valence-corrected chi connectivity index (χ4v) is 1.83. The Kier molecular flexibility index (Phi) is 7.85. The standard InChI is InChI=1S/C15H24NO2/c1-2-3-4-5-6-7-9-12-15(17)18-16-13-10-8-11-14-16/h8,10-11,13-14H,2-7,9,12H2,1H3/q+1. The van der Waals surface area contributed by atoms with Crippen molar-refractivity contribution in [1.82, 2.24) is 0 Å². The highest BCUT2D eigenvalue weighted by atomic mass is 16.7. The Bertz CT molecular complexity index is 325. The van der Waals surface area contributed by atoms with Crippen LogP contribution in [0.2, 0.25) is 0 Å². The zero-order valence-corrected chi connectivity index (χ0v) is 11.3. The van der Waals surface area contributed by atoms with Crippen molar-refractivity contribution < 1.29 is 14.4 Å². The van der Waals surface area contributed by atoms with Gasteiger partial charge in [0.05, 0.1) is 6.42 Å². The topological polar surface area (TPSA) is 30.2 Å². The average Bonchev–Trinajstić information content (AvgIpc) is 2.39. The number of aromatic nitrogens is 1. The largest absolute Gasteiger partial charge is 0.380 e. The lowest BCUT2D eigenvalue weighted by molar-refractivity contribution is -0.869. The van der Waals surface area contributed by atoms with Crippen molar-refractivity contribution in [2.24, 2.45) is 0 Å². The second-order valence-electron chi connectivity index (χ2n) is 4.57. The summed E-state index contributed by atoms with van der Waals surface area (Å²) in [5.74, 6) is -0.153. The minimum Gasteiger partial charge on any atom is -0.245 e. The Hall–Kier alpha value is -1.38. The van der Waals surface area contributed by atoms with Crippen molar-refractivity contribution in [3.63, 3.8) is 0 Å². The summed E-state index contributed by atoms with van der Waals surface area (Å²) in [6.45, 7) is 2.22. The van der Waals surface area contributed by atoms with Crippen LogP contribution in [-0.2, 0) is 4.79 Å². The van der Waals surface area contributed by atoms with E-state index in [0.717, 1.165) is 12.8 Å². The molecular formula is C15H24NO2+. The van der Waals surface area contributed by atoms with E-state index < -0.39 is 0 Å². The summed E-state index contributed by atoms with van der Waals surface area (Å²) in [6, 6.07) is 5.56. The molecule has 1 aromatic heterocycles. The van der Waals surface area contributed by atoms with E-state index in [0.29, 0.717) is 6.42 Å². The van der Waals surface area contributed by atoms with Gasteiger partial charge in [0.25, 0.3) is 0 Å². The van der Waals surface area contributed by atoms with E-state index >= 15 is 0 Å². The Morgan fingerprint density at radius 1 is 0.944 bits per heavy atom. The summed E-state index contributed by atoms with van der Waals surface area (Å²) < 4.78 is 1.45. The summed E-state index contributed by atoms with van der Waals surface area (Å²) in [4.78, 5) is 16.6. The Morgan fingerprint density at radius 3 is 2.22 bits per heavy atom. The summed E-state index contributed by atoms with van der Waals surface area (Å²) in [5.41, 5.74) is 0. The van der Waals surface area contributed by atoms with Crippen molar-refractivity contribution in [1.29, 1.82) is 0 Å². The third kappa shape index (κ3) is 7.05. The molecule has 3 nitrogen and oxygen atoms in total. The van der Waals surface area contributed by atoms with E-state index in [1.807, 2.05) is 18.2 Å². The van der Waals surface area contributed by atoms with Crippen molar-refractivity contribution in [3.8, 4) is 0 Å². The van der Waals surface area contributed by atoms with Gasteiger partial charge in [0, 0.05) is 16.9 Å². The van der Waals surface area contributed by atoms with Gasteiger partial charge in [-0.3, -0.25) is 0 Å². The molecule has 0 aliphatic rings. The first-order valence-corrected chi connectivity index (χ1v) is 7.00. The van der Waals surface area contributed by atoms with E-state index in [-0.39, 0.29) is 5.97 Å². The van der Waals surface area contributed by atoms with Gasteiger partial charge >= 0.3 is 5.97 Å². The van der Waals surface area contributed by atoms with Gasteiger partial charge in [0.15, 0.2) is 0 Å². The second-order valence-corrected chi connectivity index (χ2v) is 4.57. The van der Waals surface area contributed by atoms with E-state index in [2.05, 4.69) is 6.92 Å². The number of nitrogens with zero attached hydrogens (tertiary/aromatic N) is 1. The van der Waals surface area contributed by atoms with Gasteiger partial charge in [-0.15, -0.1) is 0 Å². The average molecular weight is 250 g/mol. The van der Waals surface area contributed by atoms with Crippen LogP contribution in [0.3, 0.4) is 0 Å². The molecule has 0 saturated heterocycles. The third-order valence-corrected chi connectivity index (χ3v) is 2.88. The minimum absolute atomic E-state index is 0.153. The van der Waals surface area contributed by atoms with E-state index in [9.17, 15) is 4.79 Å². The van der Waals surface area contributed by atoms with Gasteiger partial charge in [-0.1, -0.05) is 51.5 Å². The van der Waals surface area contributed by atoms with E-state index in [1.165, 1.54) is 36.8 Å². The van der Waals surface area contributed by atoms with Crippen LogP contribution in [0.5, 0.6) is 0 Å². The number of carbonyl (C=O) groups excluding carboxylic acids is 1. The smallest absolute Gasteiger partial charge is 0.245 e. The lowest BCUT2D eigenvalue weighted by Gasteiger charge is -1.99. The highest BCUT2D eigenvalue weighted by Gasteiger charge is 2.09. The first-order valence-electron chi connectivity index (χ1n) is 7.00. The van der Waals surface area contributed by atoms with Crippen LogP contribution < -0.4 is 9.57 Å². The van der Waals surface area contributed by atoms with Crippen molar-refractivity contribution in [3.05, 3.63) is 30.6 Å². The van der Waals surface area contributed by atoms with Gasteiger partial charge in [0.1, 0.15) is 0 Å². The zero-order chi connectivity index (χ0) is 13.1. The number of pyridine rings is 1. The predicted octanol–water partition coefficient (Wildman–Crippen LogP) is 3.07. The van der Waals surface area contributed by atoms with E-state index in [4.69, 9.17) is 4.84 Å². The predicted molar refractivity (Wildman–Crippen MR) is 70.8 cm³/mol. The van der Waals surface area contributed by atoms with Crippen LogP contribution in [0.25, 0.3) is 0 Å². The Labute approximate surface area is 110 Å². The highest BCUT2D eigenvalue weighted by Crippen LogP contribution is 2.08. The molecule has 0 atom stereocenters. The molecule has 0 amide bonds. The van der Waals surface area contributed by atoms with Gasteiger partial charge in [-0.25, -0.2) is 4.79 Å². The van der Waals surface area contributed by atoms with Crippen LogP contribution in [0.15, 0.2) is 30.6 Å². The Balaban J connectivity index is 2.00. The molecule has 100 valence electrons. The fraction of sp³-hybridized carbons (Fsp3) is 0.600. The number of hydrogen-bond donors (Lipinski definition) is 0. The molecule has 0 aromatic carbocycles. The van der Waals surface area contributed by atoms with Crippen molar-refractivity contribution >= 4 is 5.97 Å². The van der Waals surface area contributed by atoms with Crippen LogP contribution in [0, 0.1) is 0 Å². The van der Waals surface area contributed by atoms with Gasteiger partial charge in [0.2, 0.25) is 12.4 Å². The Morgan fingerprint density at radius 2 is 1.56 bits per heavy atom. The minimum atomic E-state index is -0.153. The summed E-state index contributed by atoms with van der Waals surface area (Å²) >= 11 is 0. The van der Waals surface area contributed by atoms with Gasteiger partial charge < -0.3 is 0 Å². The molecule has 0 radical (unpaired) electrons. The lowest BCUT2D eigenvalue weighted by atomic mass is 10.1. The molecular weight excluding hydrogens is 226 g/mol. The molecule has 0 bridgehead atoms. The van der Waals surface area contributed by atoms with E-state index in [1.54, 1.807) is 12.4 Å². The maximum absolute atomic E-state index is 11.5. The van der Waals surface area contributed by atoms with Crippen molar-refractivity contribution in [2.75, 3.05) is 0 Å². The highest BCUT2D eigenvalue weighted by molar-refractivity contribution is 5.68. The fourth-order valence-electron chi connectivity index (χ4n) is 1.83. The second kappa shape index (κ2) is 9.63. The number of carbonyl (C=O) groups is 1. The molecule has 0 N–H and O–H groups in total. The SMILES string of the molecule is CCCCCCCCCC(=O)O[n+]1ccccc1. The molecule has 1 heterocycles. The molecule has 0 spiro atoms. The van der Waals surface area contributed by atoms with Crippen LogP contribution >= 0.6 is 0 Å². The molecule has 0 fully saturated rings. The zero-order valence-electron chi connectivity index (χ0n) is 11.3. The maximum Gasteiger partial charge on any atom is 0.380 e.